The van der Waals surface area contributed by atoms with Gasteiger partial charge in [-0.2, -0.15) is 0 Å². The zero-order valence-corrected chi connectivity index (χ0v) is 8.77. The van der Waals surface area contributed by atoms with Gasteiger partial charge in [-0.05, 0) is 18.1 Å². The van der Waals surface area contributed by atoms with Crippen molar-refractivity contribution in [3.05, 3.63) is 33.9 Å². The van der Waals surface area contributed by atoms with E-state index in [9.17, 15) is 10.1 Å². The molecule has 1 aliphatic rings. The van der Waals surface area contributed by atoms with E-state index in [0.717, 1.165) is 31.1 Å². The second-order valence-corrected chi connectivity index (χ2v) is 3.29. The number of carboxylic acid groups (broad SMARTS) is 1. The molecule has 0 saturated carbocycles. The lowest BCUT2D eigenvalue weighted by molar-refractivity contribution is -0.384. The summed E-state index contributed by atoms with van der Waals surface area (Å²) in [5.74, 6) is -0.833. The number of hydrogen-bond donors (Lipinski definition) is 2. The van der Waals surface area contributed by atoms with Crippen molar-refractivity contribution in [3.63, 3.8) is 0 Å². The number of fused-ring (bicyclic) bond motifs is 1. The molecule has 0 aliphatic carbocycles. The van der Waals surface area contributed by atoms with Gasteiger partial charge in [0.1, 0.15) is 0 Å². The van der Waals surface area contributed by atoms with E-state index in [2.05, 4.69) is 5.32 Å². The highest BCUT2D eigenvalue weighted by Crippen LogP contribution is 2.25. The van der Waals surface area contributed by atoms with Gasteiger partial charge in [0.15, 0.2) is 0 Å². The molecule has 6 heteroatoms. The molecule has 1 aromatic rings. The van der Waals surface area contributed by atoms with Crippen molar-refractivity contribution in [1.29, 1.82) is 0 Å². The largest absolute Gasteiger partial charge is 0.481 e. The van der Waals surface area contributed by atoms with Crippen molar-refractivity contribution in [3.8, 4) is 0 Å². The van der Waals surface area contributed by atoms with Crippen molar-refractivity contribution < 1.29 is 14.8 Å². The van der Waals surface area contributed by atoms with Crippen molar-refractivity contribution >= 4 is 17.3 Å². The number of benzene rings is 1. The van der Waals surface area contributed by atoms with Crippen LogP contribution in [-0.2, 0) is 11.2 Å². The van der Waals surface area contributed by atoms with Crippen LogP contribution in [0.1, 0.15) is 12.5 Å². The Labute approximate surface area is 92.0 Å². The summed E-state index contributed by atoms with van der Waals surface area (Å²) in [5, 5.41) is 20.9. The Morgan fingerprint density at radius 2 is 2.19 bits per heavy atom. The first-order chi connectivity index (χ1) is 7.50. The number of anilines is 1. The second-order valence-electron chi connectivity index (χ2n) is 3.29. The molecule has 6 nitrogen and oxygen atoms in total. The first kappa shape index (κ1) is 12.0. The third-order valence-corrected chi connectivity index (χ3v) is 2.01. The van der Waals surface area contributed by atoms with Crippen LogP contribution in [0.4, 0.5) is 11.4 Å². The highest BCUT2D eigenvalue weighted by Gasteiger charge is 2.13. The third-order valence-electron chi connectivity index (χ3n) is 2.01. The SMILES string of the molecule is CC(=O)O.O=[N+]([O-])c1ccc2c(c1)CCN2. The van der Waals surface area contributed by atoms with E-state index in [1.54, 1.807) is 12.1 Å². The van der Waals surface area contributed by atoms with Crippen molar-refractivity contribution in [2.45, 2.75) is 13.3 Å². The quantitative estimate of drug-likeness (QED) is 0.559. The molecule has 2 rings (SSSR count). The van der Waals surface area contributed by atoms with E-state index in [0.29, 0.717) is 0 Å². The number of carboxylic acids is 1. The molecule has 2 N–H and O–H groups in total. The van der Waals surface area contributed by atoms with Crippen LogP contribution in [0.15, 0.2) is 18.2 Å². The molecule has 0 bridgehead atoms. The minimum atomic E-state index is -0.833. The molecule has 0 radical (unpaired) electrons. The maximum absolute atomic E-state index is 10.4. The van der Waals surface area contributed by atoms with E-state index in [-0.39, 0.29) is 10.6 Å². The van der Waals surface area contributed by atoms with E-state index < -0.39 is 5.97 Å². The fourth-order valence-corrected chi connectivity index (χ4v) is 1.40. The van der Waals surface area contributed by atoms with Crippen molar-refractivity contribution in [2.24, 2.45) is 0 Å². The zero-order chi connectivity index (χ0) is 12.1. The van der Waals surface area contributed by atoms with Crippen LogP contribution in [0.3, 0.4) is 0 Å². The van der Waals surface area contributed by atoms with Crippen LogP contribution in [0.5, 0.6) is 0 Å². The molecule has 0 spiro atoms. The Morgan fingerprint density at radius 3 is 2.75 bits per heavy atom. The predicted octanol–water partition coefficient (Wildman–Crippen LogP) is 1.65. The standard InChI is InChI=1S/C8H8N2O2.C2H4O2/c11-10(12)7-1-2-8-6(5-7)3-4-9-8;1-2(3)4/h1-2,5,9H,3-4H2;1H3,(H,3,4). The van der Waals surface area contributed by atoms with Crippen LogP contribution in [0, 0.1) is 10.1 Å². The van der Waals surface area contributed by atoms with Crippen molar-refractivity contribution in [2.75, 3.05) is 11.9 Å². The van der Waals surface area contributed by atoms with Crippen LogP contribution < -0.4 is 5.32 Å². The molecule has 1 aliphatic heterocycles. The summed E-state index contributed by atoms with van der Waals surface area (Å²) >= 11 is 0. The van der Waals surface area contributed by atoms with Crippen LogP contribution >= 0.6 is 0 Å². The van der Waals surface area contributed by atoms with Gasteiger partial charge in [-0.25, -0.2) is 0 Å². The molecule has 86 valence electrons. The first-order valence-electron chi connectivity index (χ1n) is 4.71. The van der Waals surface area contributed by atoms with Gasteiger partial charge in [0.25, 0.3) is 11.7 Å². The highest BCUT2D eigenvalue weighted by molar-refractivity contribution is 5.63. The molecule has 0 amide bonds. The molecule has 1 aromatic carbocycles. The Kier molecular flexibility index (Phi) is 3.82. The van der Waals surface area contributed by atoms with Gasteiger partial charge in [-0.3, -0.25) is 14.9 Å². The molecule has 1 heterocycles. The lowest BCUT2D eigenvalue weighted by Gasteiger charge is -1.97. The number of nitrogens with zero attached hydrogens (tertiary/aromatic N) is 1. The summed E-state index contributed by atoms with van der Waals surface area (Å²) in [6.07, 6.45) is 0.886. The van der Waals surface area contributed by atoms with Gasteiger partial charge < -0.3 is 10.4 Å². The van der Waals surface area contributed by atoms with Crippen LogP contribution in [-0.4, -0.2) is 22.5 Å². The molecule has 0 aromatic heterocycles. The molecule has 16 heavy (non-hydrogen) atoms. The van der Waals surface area contributed by atoms with E-state index in [1.165, 1.54) is 6.07 Å². The topological polar surface area (TPSA) is 92.5 Å². The lowest BCUT2D eigenvalue weighted by Crippen LogP contribution is -1.90. The Bertz CT molecular complexity index is 413. The number of aliphatic carboxylic acids is 1. The summed E-state index contributed by atoms with van der Waals surface area (Å²) in [7, 11) is 0. The highest BCUT2D eigenvalue weighted by atomic mass is 16.6. The number of nitro benzene ring substituents is 1. The summed E-state index contributed by atoms with van der Waals surface area (Å²) in [4.78, 5) is 19.0. The molecular weight excluding hydrogens is 212 g/mol. The average Bonchev–Trinajstić information content (AvgIpc) is 2.62. The van der Waals surface area contributed by atoms with E-state index in [1.807, 2.05) is 0 Å². The number of nitrogens with one attached hydrogen (secondary N) is 1. The van der Waals surface area contributed by atoms with Gasteiger partial charge in [-0.1, -0.05) is 0 Å². The number of nitro groups is 1. The summed E-state index contributed by atoms with van der Waals surface area (Å²) in [6.45, 7) is 1.97. The van der Waals surface area contributed by atoms with Crippen LogP contribution in [0.2, 0.25) is 0 Å². The molecule has 0 saturated heterocycles. The minimum Gasteiger partial charge on any atom is -0.481 e. The Balaban J connectivity index is 0.000000280. The lowest BCUT2D eigenvalue weighted by atomic mass is 10.1. The number of carbonyl (C=O) groups is 1. The molecule has 0 fully saturated rings. The summed E-state index contributed by atoms with van der Waals surface area (Å²) in [6, 6.07) is 4.92. The molecular formula is C10H12N2O4. The van der Waals surface area contributed by atoms with Gasteiger partial charge in [0.05, 0.1) is 4.92 Å². The summed E-state index contributed by atoms with van der Waals surface area (Å²) < 4.78 is 0. The summed E-state index contributed by atoms with van der Waals surface area (Å²) in [5.41, 5.74) is 2.25. The van der Waals surface area contributed by atoms with E-state index >= 15 is 0 Å². The van der Waals surface area contributed by atoms with Crippen LogP contribution in [0.25, 0.3) is 0 Å². The third kappa shape index (κ3) is 3.23. The normalized spacial score (nSPS) is 11.8. The van der Waals surface area contributed by atoms with Gasteiger partial charge in [-0.15, -0.1) is 0 Å². The Morgan fingerprint density at radius 1 is 1.56 bits per heavy atom. The fourth-order valence-electron chi connectivity index (χ4n) is 1.40. The monoisotopic (exact) mass is 224 g/mol. The van der Waals surface area contributed by atoms with Gasteiger partial charge in [0, 0.05) is 31.3 Å². The number of hydrogen-bond acceptors (Lipinski definition) is 4. The van der Waals surface area contributed by atoms with Gasteiger partial charge in [0.2, 0.25) is 0 Å². The predicted molar refractivity (Wildman–Crippen MR) is 58.6 cm³/mol. The number of rotatable bonds is 1. The maximum atomic E-state index is 10.4. The zero-order valence-electron chi connectivity index (χ0n) is 8.77. The first-order valence-corrected chi connectivity index (χ1v) is 4.71. The average molecular weight is 224 g/mol. The van der Waals surface area contributed by atoms with E-state index in [4.69, 9.17) is 9.90 Å². The maximum Gasteiger partial charge on any atom is 0.300 e. The number of non-ortho nitro benzene ring substituents is 1. The Hall–Kier alpha value is -2.11. The van der Waals surface area contributed by atoms with Crippen molar-refractivity contribution in [1.82, 2.24) is 0 Å². The smallest absolute Gasteiger partial charge is 0.300 e. The van der Waals surface area contributed by atoms with Gasteiger partial charge >= 0.3 is 0 Å². The molecule has 0 unspecified atom stereocenters. The minimum absolute atomic E-state index is 0.178. The fraction of sp³-hybridized carbons (Fsp3) is 0.300. The second kappa shape index (κ2) is 5.11. The molecule has 0 atom stereocenters.